The van der Waals surface area contributed by atoms with Crippen LogP contribution < -0.4 is 0 Å². The largest absolute Gasteiger partial charge is 0.395 e. The summed E-state index contributed by atoms with van der Waals surface area (Å²) < 4.78 is 0. The third kappa shape index (κ3) is 2.88. The molecule has 0 saturated carbocycles. The van der Waals surface area contributed by atoms with Crippen molar-refractivity contribution in [2.45, 2.75) is 12.3 Å². The minimum Gasteiger partial charge on any atom is -0.395 e. The normalized spacial score (nSPS) is 20.6. The summed E-state index contributed by atoms with van der Waals surface area (Å²) in [7, 11) is 0. The number of benzene rings is 2. The van der Waals surface area contributed by atoms with Gasteiger partial charge in [0.15, 0.2) is 0 Å². The van der Waals surface area contributed by atoms with E-state index in [4.69, 9.17) is 0 Å². The molecule has 118 valence electrons. The van der Waals surface area contributed by atoms with E-state index in [0.29, 0.717) is 6.42 Å². The molecule has 0 heterocycles. The summed E-state index contributed by atoms with van der Waals surface area (Å²) in [6.45, 7) is -0.0424. The van der Waals surface area contributed by atoms with Crippen molar-refractivity contribution in [2.24, 2.45) is 5.41 Å². The predicted molar refractivity (Wildman–Crippen MR) is 93.2 cm³/mol. The predicted octanol–water partition coefficient (Wildman–Crippen LogP) is 3.68. The number of aliphatic hydroxyl groups is 2. The Morgan fingerprint density at radius 2 is 1.43 bits per heavy atom. The van der Waals surface area contributed by atoms with Gasteiger partial charge in [0, 0.05) is 11.3 Å². The molecule has 1 aliphatic rings. The van der Waals surface area contributed by atoms with E-state index in [1.807, 2.05) is 48.6 Å². The summed E-state index contributed by atoms with van der Waals surface area (Å²) in [4.78, 5) is 0. The van der Waals surface area contributed by atoms with Gasteiger partial charge in [-0.1, -0.05) is 78.9 Å². The van der Waals surface area contributed by atoms with Gasteiger partial charge in [-0.25, -0.2) is 0 Å². The van der Waals surface area contributed by atoms with Crippen LogP contribution in [-0.2, 0) is 0 Å². The molecule has 2 aromatic rings. The summed E-state index contributed by atoms with van der Waals surface area (Å²) in [5.41, 5.74) is 2.69. The molecule has 2 nitrogen and oxygen atoms in total. The maximum Gasteiger partial charge on any atom is 0.0651 e. The molecule has 0 bridgehead atoms. The molecule has 2 heteroatoms. The average Bonchev–Trinajstić information content (AvgIpc) is 2.64. The molecular weight excluding hydrogens is 284 g/mol. The Kier molecular flexibility index (Phi) is 4.75. The number of aliphatic hydroxyl groups excluding tert-OH is 2. The van der Waals surface area contributed by atoms with Crippen LogP contribution in [0, 0.1) is 5.41 Å². The average molecular weight is 306 g/mol. The highest BCUT2D eigenvalue weighted by atomic mass is 16.3. The molecular formula is C21H22O2. The minimum atomic E-state index is -0.508. The number of hydrogen-bond donors (Lipinski definition) is 2. The molecule has 0 amide bonds. The summed E-state index contributed by atoms with van der Waals surface area (Å²) in [5, 5.41) is 20.2. The fraction of sp³-hybridized carbons (Fsp3) is 0.238. The highest BCUT2D eigenvalue weighted by Gasteiger charge is 2.42. The molecule has 2 aromatic carbocycles. The van der Waals surface area contributed by atoms with Gasteiger partial charge in [0.05, 0.1) is 13.2 Å². The lowest BCUT2D eigenvalue weighted by Crippen LogP contribution is -2.37. The van der Waals surface area contributed by atoms with Crippen LogP contribution in [0.2, 0.25) is 0 Å². The quantitative estimate of drug-likeness (QED) is 0.885. The van der Waals surface area contributed by atoms with Crippen LogP contribution in [0.4, 0.5) is 0 Å². The van der Waals surface area contributed by atoms with Gasteiger partial charge in [0.2, 0.25) is 0 Å². The molecule has 1 aliphatic carbocycles. The van der Waals surface area contributed by atoms with Gasteiger partial charge in [-0.05, 0) is 23.1 Å². The van der Waals surface area contributed by atoms with Gasteiger partial charge in [0.25, 0.3) is 0 Å². The molecule has 0 radical (unpaired) electrons. The lowest BCUT2D eigenvalue weighted by Gasteiger charge is -2.42. The molecule has 0 saturated heterocycles. The van der Waals surface area contributed by atoms with Gasteiger partial charge in [-0.15, -0.1) is 0 Å². The van der Waals surface area contributed by atoms with Crippen LogP contribution >= 0.6 is 0 Å². The lowest BCUT2D eigenvalue weighted by atomic mass is 9.62. The van der Waals surface area contributed by atoms with E-state index in [2.05, 4.69) is 30.3 Å². The molecule has 23 heavy (non-hydrogen) atoms. The van der Waals surface area contributed by atoms with E-state index in [-0.39, 0.29) is 19.1 Å². The van der Waals surface area contributed by atoms with E-state index < -0.39 is 5.41 Å². The third-order valence-electron chi connectivity index (χ3n) is 4.83. The van der Waals surface area contributed by atoms with Crippen LogP contribution in [0.1, 0.15) is 23.5 Å². The number of allylic oxidation sites excluding steroid dienone is 3. The second-order valence-corrected chi connectivity index (χ2v) is 6.05. The van der Waals surface area contributed by atoms with Gasteiger partial charge >= 0.3 is 0 Å². The van der Waals surface area contributed by atoms with Crippen LogP contribution in [0.3, 0.4) is 0 Å². The highest BCUT2D eigenvalue weighted by Crippen LogP contribution is 2.49. The van der Waals surface area contributed by atoms with Crippen LogP contribution in [-0.4, -0.2) is 23.4 Å². The Morgan fingerprint density at radius 3 is 1.91 bits per heavy atom. The Morgan fingerprint density at radius 1 is 0.870 bits per heavy atom. The molecule has 3 rings (SSSR count). The van der Waals surface area contributed by atoms with Crippen molar-refractivity contribution in [1.29, 1.82) is 0 Å². The number of rotatable bonds is 5. The Hall–Kier alpha value is -2.16. The topological polar surface area (TPSA) is 40.5 Å². The van der Waals surface area contributed by atoms with E-state index in [1.54, 1.807) is 0 Å². The third-order valence-corrected chi connectivity index (χ3v) is 4.83. The van der Waals surface area contributed by atoms with Crippen molar-refractivity contribution in [3.8, 4) is 0 Å². The molecule has 0 aromatic heterocycles. The molecule has 0 fully saturated rings. The molecule has 0 spiro atoms. The maximum absolute atomic E-state index is 10.4. The summed E-state index contributed by atoms with van der Waals surface area (Å²) in [6, 6.07) is 20.5. The van der Waals surface area contributed by atoms with Gasteiger partial charge in [-0.3, -0.25) is 0 Å². The van der Waals surface area contributed by atoms with E-state index >= 15 is 0 Å². The standard InChI is InChI=1S/C21H22O2/c22-15-19-13-7-8-14-21(19,16-23)20(17-9-3-1-4-10-17)18-11-5-2-6-12-18/h1-13,20,22-23H,14-16H2. The fourth-order valence-electron chi connectivity index (χ4n) is 3.65. The highest BCUT2D eigenvalue weighted by molar-refractivity contribution is 5.42. The zero-order chi connectivity index (χ0) is 16.1. The smallest absolute Gasteiger partial charge is 0.0651 e. The van der Waals surface area contributed by atoms with Crippen LogP contribution in [0.15, 0.2) is 84.5 Å². The molecule has 2 N–H and O–H groups in total. The zero-order valence-electron chi connectivity index (χ0n) is 13.1. The number of hydrogen-bond acceptors (Lipinski definition) is 2. The van der Waals surface area contributed by atoms with Crippen molar-refractivity contribution in [2.75, 3.05) is 13.2 Å². The Labute approximate surface area is 137 Å². The van der Waals surface area contributed by atoms with Gasteiger partial charge in [-0.2, -0.15) is 0 Å². The summed E-state index contributed by atoms with van der Waals surface area (Å²) >= 11 is 0. The Balaban J connectivity index is 2.18. The summed E-state index contributed by atoms with van der Waals surface area (Å²) in [5.74, 6) is -0.00162. The molecule has 1 atom stereocenters. The first-order valence-corrected chi connectivity index (χ1v) is 7.99. The first kappa shape index (κ1) is 15.7. The Bertz CT molecular complexity index is 649. The van der Waals surface area contributed by atoms with Crippen molar-refractivity contribution >= 4 is 0 Å². The maximum atomic E-state index is 10.4. The van der Waals surface area contributed by atoms with Crippen molar-refractivity contribution in [3.63, 3.8) is 0 Å². The first-order valence-electron chi connectivity index (χ1n) is 7.99. The molecule has 0 aliphatic heterocycles. The zero-order valence-corrected chi connectivity index (χ0v) is 13.1. The first-order chi connectivity index (χ1) is 11.3. The monoisotopic (exact) mass is 306 g/mol. The van der Waals surface area contributed by atoms with Crippen LogP contribution in [0.25, 0.3) is 0 Å². The van der Waals surface area contributed by atoms with E-state index in [1.165, 1.54) is 0 Å². The van der Waals surface area contributed by atoms with Crippen LogP contribution in [0.5, 0.6) is 0 Å². The lowest BCUT2D eigenvalue weighted by molar-refractivity contribution is 0.126. The SMILES string of the molecule is OCC1=CC=CCC1(CO)C(c1ccccc1)c1ccccc1. The summed E-state index contributed by atoms with van der Waals surface area (Å²) in [6.07, 6.45) is 6.70. The van der Waals surface area contributed by atoms with Gasteiger partial charge in [0.1, 0.15) is 0 Å². The van der Waals surface area contributed by atoms with E-state index in [0.717, 1.165) is 16.7 Å². The van der Waals surface area contributed by atoms with Crippen molar-refractivity contribution < 1.29 is 10.2 Å². The van der Waals surface area contributed by atoms with E-state index in [9.17, 15) is 10.2 Å². The van der Waals surface area contributed by atoms with Crippen molar-refractivity contribution in [1.82, 2.24) is 0 Å². The fourth-order valence-corrected chi connectivity index (χ4v) is 3.65. The molecule has 1 unspecified atom stereocenters. The van der Waals surface area contributed by atoms with Gasteiger partial charge < -0.3 is 10.2 Å². The minimum absolute atomic E-state index is 0.00162. The van der Waals surface area contributed by atoms with Crippen molar-refractivity contribution in [3.05, 3.63) is 95.6 Å². The second-order valence-electron chi connectivity index (χ2n) is 6.05. The second kappa shape index (κ2) is 6.95.